The number of carboxylic acids is 1. The van der Waals surface area contributed by atoms with Gasteiger partial charge in [0.05, 0.1) is 33.3 Å². The summed E-state index contributed by atoms with van der Waals surface area (Å²) < 4.78 is 0. The first kappa shape index (κ1) is 16.3. The van der Waals surface area contributed by atoms with Crippen molar-refractivity contribution >= 4 is 46.7 Å². The minimum absolute atomic E-state index is 0.0406. The van der Waals surface area contributed by atoms with Crippen LogP contribution in [-0.2, 0) is 11.2 Å². The molecule has 2 amide bonds. The first-order chi connectivity index (χ1) is 11.3. The monoisotopic (exact) mass is 365 g/mol. The molecule has 3 rings (SSSR count). The predicted octanol–water partition coefficient (Wildman–Crippen LogP) is 3.13. The number of rotatable bonds is 3. The van der Waals surface area contributed by atoms with Gasteiger partial charge in [-0.15, -0.1) is 0 Å². The number of aromatic hydroxyl groups is 1. The van der Waals surface area contributed by atoms with Crippen molar-refractivity contribution in [1.29, 1.82) is 0 Å². The van der Waals surface area contributed by atoms with Gasteiger partial charge in [0.15, 0.2) is 0 Å². The second kappa shape index (κ2) is 5.81. The van der Waals surface area contributed by atoms with Gasteiger partial charge in [0, 0.05) is 0 Å². The summed E-state index contributed by atoms with van der Waals surface area (Å²) in [5.41, 5.74) is 0.242. The maximum atomic E-state index is 12.6. The normalized spacial score (nSPS) is 13.3. The molecular formula is C16H9Cl2NO5. The SMILES string of the molecule is O=C(O)Cc1ccc(N2C(=O)c3c(O)ccc(Cl)c3C2=O)c(Cl)c1. The van der Waals surface area contributed by atoms with Gasteiger partial charge in [0.1, 0.15) is 5.75 Å². The van der Waals surface area contributed by atoms with Crippen molar-refractivity contribution < 1.29 is 24.6 Å². The lowest BCUT2D eigenvalue weighted by Crippen LogP contribution is -2.29. The number of benzene rings is 2. The number of fused-ring (bicyclic) bond motifs is 1. The fourth-order valence-corrected chi connectivity index (χ4v) is 3.07. The third kappa shape index (κ3) is 2.50. The molecule has 1 aliphatic heterocycles. The van der Waals surface area contributed by atoms with E-state index in [2.05, 4.69) is 0 Å². The van der Waals surface area contributed by atoms with Gasteiger partial charge in [0.2, 0.25) is 0 Å². The van der Waals surface area contributed by atoms with E-state index >= 15 is 0 Å². The number of halogens is 2. The standard InChI is InChI=1S/C16H9Cl2NO5/c17-8-2-4-11(20)14-13(8)15(23)19(16(14)24)10-3-1-7(5-9(10)18)6-12(21)22/h1-5,20H,6H2,(H,21,22). The van der Waals surface area contributed by atoms with Gasteiger partial charge in [-0.2, -0.15) is 0 Å². The molecule has 0 saturated heterocycles. The molecule has 24 heavy (non-hydrogen) atoms. The van der Waals surface area contributed by atoms with Crippen LogP contribution in [0.25, 0.3) is 0 Å². The van der Waals surface area contributed by atoms with Crippen LogP contribution in [0.2, 0.25) is 10.0 Å². The number of phenols is 1. The molecular weight excluding hydrogens is 357 g/mol. The zero-order valence-corrected chi connectivity index (χ0v) is 13.4. The van der Waals surface area contributed by atoms with Gasteiger partial charge in [0.25, 0.3) is 11.8 Å². The highest BCUT2D eigenvalue weighted by atomic mass is 35.5. The average Bonchev–Trinajstić information content (AvgIpc) is 2.76. The topological polar surface area (TPSA) is 94.9 Å². The Kier molecular flexibility index (Phi) is 3.95. The minimum atomic E-state index is -1.03. The largest absolute Gasteiger partial charge is 0.507 e. The molecule has 0 aromatic heterocycles. The molecule has 1 heterocycles. The smallest absolute Gasteiger partial charge is 0.307 e. The third-order valence-electron chi connectivity index (χ3n) is 3.57. The van der Waals surface area contributed by atoms with Gasteiger partial charge >= 0.3 is 5.97 Å². The summed E-state index contributed by atoms with van der Waals surface area (Å²) in [7, 11) is 0. The fourth-order valence-electron chi connectivity index (χ4n) is 2.54. The van der Waals surface area contributed by atoms with Crippen LogP contribution in [0.5, 0.6) is 5.75 Å². The number of amides is 2. The number of carboxylic acid groups (broad SMARTS) is 1. The van der Waals surface area contributed by atoms with E-state index in [1.165, 1.54) is 30.3 Å². The summed E-state index contributed by atoms with van der Waals surface area (Å²) in [6.45, 7) is 0. The van der Waals surface area contributed by atoms with Gasteiger partial charge in [-0.3, -0.25) is 14.4 Å². The Labute approximate surface area is 145 Å². The van der Waals surface area contributed by atoms with Gasteiger partial charge in [-0.1, -0.05) is 29.3 Å². The lowest BCUT2D eigenvalue weighted by atomic mass is 10.1. The molecule has 1 aliphatic rings. The molecule has 6 nitrogen and oxygen atoms in total. The first-order valence-corrected chi connectivity index (χ1v) is 7.47. The van der Waals surface area contributed by atoms with E-state index in [0.29, 0.717) is 5.56 Å². The van der Waals surface area contributed by atoms with Crippen LogP contribution < -0.4 is 4.90 Å². The highest BCUT2D eigenvalue weighted by Gasteiger charge is 2.41. The molecule has 0 aliphatic carbocycles. The van der Waals surface area contributed by atoms with E-state index in [1.54, 1.807) is 0 Å². The summed E-state index contributed by atoms with van der Waals surface area (Å²) in [5, 5.41) is 18.7. The summed E-state index contributed by atoms with van der Waals surface area (Å²) in [6, 6.07) is 6.76. The van der Waals surface area contributed by atoms with E-state index < -0.39 is 17.8 Å². The zero-order valence-electron chi connectivity index (χ0n) is 11.9. The van der Waals surface area contributed by atoms with Crippen LogP contribution in [0.3, 0.4) is 0 Å². The molecule has 0 spiro atoms. The maximum Gasteiger partial charge on any atom is 0.307 e. The number of hydrogen-bond acceptors (Lipinski definition) is 4. The van der Waals surface area contributed by atoms with Crippen LogP contribution in [0.4, 0.5) is 5.69 Å². The molecule has 2 aromatic rings. The van der Waals surface area contributed by atoms with Gasteiger partial charge in [-0.25, -0.2) is 4.90 Å². The van der Waals surface area contributed by atoms with Crippen molar-refractivity contribution in [2.24, 2.45) is 0 Å². The summed E-state index contributed by atoms with van der Waals surface area (Å²) in [5.74, 6) is -2.84. The minimum Gasteiger partial charge on any atom is -0.507 e. The van der Waals surface area contributed by atoms with Crippen molar-refractivity contribution in [3.05, 3.63) is 57.1 Å². The molecule has 2 N–H and O–H groups in total. The van der Waals surface area contributed by atoms with Crippen LogP contribution in [0.1, 0.15) is 26.3 Å². The Morgan fingerprint density at radius 1 is 1.00 bits per heavy atom. The van der Waals surface area contributed by atoms with Gasteiger partial charge in [-0.05, 0) is 29.8 Å². The Balaban J connectivity index is 2.08. The number of nitrogens with zero attached hydrogens (tertiary/aromatic N) is 1. The van der Waals surface area contributed by atoms with Crippen LogP contribution >= 0.6 is 23.2 Å². The second-order valence-corrected chi connectivity index (χ2v) is 5.93. The quantitative estimate of drug-likeness (QED) is 0.814. The summed E-state index contributed by atoms with van der Waals surface area (Å²) in [4.78, 5) is 36.6. The third-order valence-corrected chi connectivity index (χ3v) is 4.19. The van der Waals surface area contributed by atoms with E-state index in [9.17, 15) is 19.5 Å². The molecule has 122 valence electrons. The molecule has 2 aromatic carbocycles. The number of carbonyl (C=O) groups excluding carboxylic acids is 2. The Bertz CT molecular complexity index is 869. The lowest BCUT2D eigenvalue weighted by molar-refractivity contribution is -0.136. The molecule has 0 atom stereocenters. The number of carbonyl (C=O) groups is 3. The molecule has 0 saturated carbocycles. The number of phenolic OH excluding ortho intramolecular Hbond substituents is 1. The lowest BCUT2D eigenvalue weighted by Gasteiger charge is -2.16. The van der Waals surface area contributed by atoms with Crippen molar-refractivity contribution in [3.63, 3.8) is 0 Å². The van der Waals surface area contributed by atoms with Crippen LogP contribution in [0, 0.1) is 0 Å². The number of aliphatic carboxylic acids is 1. The maximum absolute atomic E-state index is 12.6. The average molecular weight is 366 g/mol. The van der Waals surface area contributed by atoms with E-state index in [0.717, 1.165) is 4.90 Å². The van der Waals surface area contributed by atoms with Crippen LogP contribution in [0.15, 0.2) is 30.3 Å². The number of hydrogen-bond donors (Lipinski definition) is 2. The van der Waals surface area contributed by atoms with E-state index in [4.69, 9.17) is 28.3 Å². The summed E-state index contributed by atoms with van der Waals surface area (Å²) in [6.07, 6.45) is -0.241. The zero-order chi connectivity index (χ0) is 17.6. The molecule has 0 fully saturated rings. The Morgan fingerprint density at radius 3 is 2.25 bits per heavy atom. The molecule has 0 unspecified atom stereocenters. The predicted molar refractivity (Wildman–Crippen MR) is 87.0 cm³/mol. The van der Waals surface area contributed by atoms with Crippen molar-refractivity contribution in [1.82, 2.24) is 0 Å². The van der Waals surface area contributed by atoms with Gasteiger partial charge < -0.3 is 10.2 Å². The molecule has 0 radical (unpaired) electrons. The number of imide groups is 1. The Hall–Kier alpha value is -2.57. The first-order valence-electron chi connectivity index (χ1n) is 6.71. The van der Waals surface area contributed by atoms with Crippen molar-refractivity contribution in [2.45, 2.75) is 6.42 Å². The Morgan fingerprint density at radius 2 is 1.67 bits per heavy atom. The van der Waals surface area contributed by atoms with E-state index in [1.807, 2.05) is 0 Å². The van der Waals surface area contributed by atoms with E-state index in [-0.39, 0.29) is 39.0 Å². The molecule has 0 bridgehead atoms. The van der Waals surface area contributed by atoms with Crippen molar-refractivity contribution in [2.75, 3.05) is 4.90 Å². The fraction of sp³-hybridized carbons (Fsp3) is 0.0625. The highest BCUT2D eigenvalue weighted by Crippen LogP contribution is 2.39. The molecule has 8 heteroatoms. The highest BCUT2D eigenvalue weighted by molar-refractivity contribution is 6.44. The number of anilines is 1. The summed E-state index contributed by atoms with van der Waals surface area (Å²) >= 11 is 12.1. The van der Waals surface area contributed by atoms with Crippen molar-refractivity contribution in [3.8, 4) is 5.75 Å². The second-order valence-electron chi connectivity index (χ2n) is 5.12. The van der Waals surface area contributed by atoms with Crippen LogP contribution in [-0.4, -0.2) is 28.0 Å².